The van der Waals surface area contributed by atoms with Gasteiger partial charge in [0.1, 0.15) is 6.61 Å². The fourth-order valence-corrected chi connectivity index (χ4v) is 2.52. The minimum Gasteiger partial charge on any atom is -0.448 e. The average Bonchev–Trinajstić information content (AvgIpc) is 2.81. The van der Waals surface area contributed by atoms with E-state index >= 15 is 0 Å². The van der Waals surface area contributed by atoms with E-state index in [-0.39, 0.29) is 6.09 Å². The first-order valence-corrected chi connectivity index (χ1v) is 6.51. The first-order valence-electron chi connectivity index (χ1n) is 6.51. The van der Waals surface area contributed by atoms with Gasteiger partial charge in [-0.15, -0.1) is 0 Å². The number of amides is 1. The molecule has 0 aromatic heterocycles. The SMILES string of the molecule is O=C(NC1CCCC1)OC[C@@H]1CCCCN1. The van der Waals surface area contributed by atoms with Gasteiger partial charge in [-0.2, -0.15) is 0 Å². The molecule has 0 unspecified atom stereocenters. The lowest BCUT2D eigenvalue weighted by molar-refractivity contribution is 0.124. The summed E-state index contributed by atoms with van der Waals surface area (Å²) in [6, 6.07) is 0.717. The molecule has 0 radical (unpaired) electrons. The van der Waals surface area contributed by atoms with Crippen LogP contribution in [0.4, 0.5) is 4.79 Å². The van der Waals surface area contributed by atoms with Gasteiger partial charge >= 0.3 is 6.09 Å². The third-order valence-electron chi connectivity index (χ3n) is 3.51. The number of nitrogens with one attached hydrogen (secondary N) is 2. The van der Waals surface area contributed by atoms with Crippen molar-refractivity contribution in [3.05, 3.63) is 0 Å². The van der Waals surface area contributed by atoms with Crippen molar-refractivity contribution < 1.29 is 9.53 Å². The van der Waals surface area contributed by atoms with Crippen LogP contribution < -0.4 is 10.6 Å². The quantitative estimate of drug-likeness (QED) is 0.771. The Morgan fingerprint density at radius 2 is 1.94 bits per heavy atom. The van der Waals surface area contributed by atoms with Crippen LogP contribution in [0.5, 0.6) is 0 Å². The lowest BCUT2D eigenvalue weighted by Gasteiger charge is -2.23. The summed E-state index contributed by atoms with van der Waals surface area (Å²) in [5, 5.41) is 6.29. The number of carbonyl (C=O) groups excluding carboxylic acids is 1. The molecule has 1 saturated carbocycles. The largest absolute Gasteiger partial charge is 0.448 e. The highest BCUT2D eigenvalue weighted by atomic mass is 16.5. The predicted molar refractivity (Wildman–Crippen MR) is 62.4 cm³/mol. The van der Waals surface area contributed by atoms with Crippen LogP contribution in [-0.4, -0.2) is 31.3 Å². The summed E-state index contributed by atoms with van der Waals surface area (Å²) in [6.07, 6.45) is 8.05. The van der Waals surface area contributed by atoms with E-state index in [9.17, 15) is 4.79 Å². The topological polar surface area (TPSA) is 50.4 Å². The number of hydrogen-bond acceptors (Lipinski definition) is 3. The predicted octanol–water partition coefficient (Wildman–Crippen LogP) is 1.80. The summed E-state index contributed by atoms with van der Waals surface area (Å²) in [4.78, 5) is 11.5. The normalized spacial score (nSPS) is 26.6. The van der Waals surface area contributed by atoms with Gasteiger partial charge in [0.25, 0.3) is 0 Å². The molecule has 4 heteroatoms. The fourth-order valence-electron chi connectivity index (χ4n) is 2.52. The van der Waals surface area contributed by atoms with E-state index in [0.29, 0.717) is 18.7 Å². The van der Waals surface area contributed by atoms with Gasteiger partial charge < -0.3 is 15.4 Å². The van der Waals surface area contributed by atoms with E-state index in [1.165, 1.54) is 25.7 Å². The summed E-state index contributed by atoms with van der Waals surface area (Å²) in [7, 11) is 0. The van der Waals surface area contributed by atoms with Gasteiger partial charge in [-0.25, -0.2) is 4.79 Å². The highest BCUT2D eigenvalue weighted by molar-refractivity contribution is 5.67. The maximum absolute atomic E-state index is 11.5. The number of piperidine rings is 1. The summed E-state index contributed by atoms with van der Waals surface area (Å²) in [5.74, 6) is 0. The second-order valence-electron chi connectivity index (χ2n) is 4.87. The minimum absolute atomic E-state index is 0.237. The van der Waals surface area contributed by atoms with Gasteiger partial charge in [0.15, 0.2) is 0 Å². The van der Waals surface area contributed by atoms with Gasteiger partial charge in [-0.05, 0) is 32.2 Å². The molecule has 1 atom stereocenters. The second kappa shape index (κ2) is 6.09. The maximum Gasteiger partial charge on any atom is 0.407 e. The molecule has 2 fully saturated rings. The number of ether oxygens (including phenoxy) is 1. The van der Waals surface area contributed by atoms with Crippen molar-refractivity contribution in [1.29, 1.82) is 0 Å². The molecule has 1 amide bonds. The van der Waals surface area contributed by atoms with Crippen molar-refractivity contribution in [1.82, 2.24) is 10.6 Å². The molecule has 0 spiro atoms. The van der Waals surface area contributed by atoms with Gasteiger partial charge in [0.2, 0.25) is 0 Å². The number of alkyl carbamates (subject to hydrolysis) is 1. The molecule has 0 aromatic carbocycles. The lowest BCUT2D eigenvalue weighted by Crippen LogP contribution is -2.40. The molecule has 4 nitrogen and oxygen atoms in total. The van der Waals surface area contributed by atoms with Crippen molar-refractivity contribution in [2.75, 3.05) is 13.2 Å². The van der Waals surface area contributed by atoms with Crippen molar-refractivity contribution in [2.45, 2.75) is 57.0 Å². The van der Waals surface area contributed by atoms with Crippen LogP contribution in [0.1, 0.15) is 44.9 Å². The van der Waals surface area contributed by atoms with Crippen LogP contribution in [0.2, 0.25) is 0 Å². The van der Waals surface area contributed by atoms with Gasteiger partial charge in [0, 0.05) is 12.1 Å². The number of rotatable bonds is 3. The van der Waals surface area contributed by atoms with Crippen molar-refractivity contribution in [3.8, 4) is 0 Å². The van der Waals surface area contributed by atoms with Crippen LogP contribution in [0.15, 0.2) is 0 Å². The molecule has 16 heavy (non-hydrogen) atoms. The Hall–Kier alpha value is -0.770. The van der Waals surface area contributed by atoms with E-state index in [0.717, 1.165) is 25.8 Å². The highest BCUT2D eigenvalue weighted by Gasteiger charge is 2.19. The van der Waals surface area contributed by atoms with Crippen LogP contribution in [0.3, 0.4) is 0 Å². The standard InChI is InChI=1S/C12H22N2O2/c15-12(14-10-5-1-2-6-10)16-9-11-7-3-4-8-13-11/h10-11,13H,1-9H2,(H,14,15)/t11-/m0/s1. The number of carbonyl (C=O) groups is 1. The summed E-state index contributed by atoms with van der Waals surface area (Å²) >= 11 is 0. The molecular formula is C12H22N2O2. The van der Waals surface area contributed by atoms with E-state index in [2.05, 4.69) is 10.6 Å². The molecule has 92 valence electrons. The zero-order valence-electron chi connectivity index (χ0n) is 9.84. The highest BCUT2D eigenvalue weighted by Crippen LogP contribution is 2.17. The summed E-state index contributed by atoms with van der Waals surface area (Å²) < 4.78 is 5.23. The van der Waals surface area contributed by atoms with Crippen LogP contribution in [0.25, 0.3) is 0 Å². The Bertz CT molecular complexity index is 221. The second-order valence-corrected chi connectivity index (χ2v) is 4.87. The zero-order valence-corrected chi connectivity index (χ0v) is 9.84. The lowest BCUT2D eigenvalue weighted by atomic mass is 10.1. The Kier molecular flexibility index (Phi) is 4.45. The van der Waals surface area contributed by atoms with E-state index in [1.54, 1.807) is 0 Å². The summed E-state index contributed by atoms with van der Waals surface area (Å²) in [6.45, 7) is 1.57. The Balaban J connectivity index is 1.59. The van der Waals surface area contributed by atoms with E-state index < -0.39 is 0 Å². The third kappa shape index (κ3) is 3.67. The molecule has 2 N–H and O–H groups in total. The zero-order chi connectivity index (χ0) is 11.2. The number of hydrogen-bond donors (Lipinski definition) is 2. The smallest absolute Gasteiger partial charge is 0.407 e. The first kappa shape index (κ1) is 11.7. The Morgan fingerprint density at radius 1 is 1.19 bits per heavy atom. The molecule has 1 aliphatic heterocycles. The fraction of sp³-hybridized carbons (Fsp3) is 0.917. The average molecular weight is 226 g/mol. The Morgan fingerprint density at radius 3 is 2.62 bits per heavy atom. The van der Waals surface area contributed by atoms with Crippen molar-refractivity contribution >= 4 is 6.09 Å². The van der Waals surface area contributed by atoms with Crippen LogP contribution in [0, 0.1) is 0 Å². The molecule has 1 saturated heterocycles. The Labute approximate surface area is 97.1 Å². The van der Waals surface area contributed by atoms with Crippen LogP contribution >= 0.6 is 0 Å². The van der Waals surface area contributed by atoms with E-state index in [4.69, 9.17) is 4.74 Å². The van der Waals surface area contributed by atoms with Gasteiger partial charge in [-0.1, -0.05) is 19.3 Å². The molecule has 2 aliphatic rings. The van der Waals surface area contributed by atoms with Gasteiger partial charge in [-0.3, -0.25) is 0 Å². The summed E-state index contributed by atoms with van der Waals surface area (Å²) in [5.41, 5.74) is 0. The minimum atomic E-state index is -0.237. The first-order chi connectivity index (χ1) is 7.84. The molecule has 0 aromatic rings. The molecular weight excluding hydrogens is 204 g/mol. The van der Waals surface area contributed by atoms with Crippen molar-refractivity contribution in [3.63, 3.8) is 0 Å². The van der Waals surface area contributed by atoms with Gasteiger partial charge in [0.05, 0.1) is 0 Å². The van der Waals surface area contributed by atoms with Crippen LogP contribution in [-0.2, 0) is 4.74 Å². The maximum atomic E-state index is 11.5. The molecule has 1 heterocycles. The monoisotopic (exact) mass is 226 g/mol. The van der Waals surface area contributed by atoms with E-state index in [1.807, 2.05) is 0 Å². The van der Waals surface area contributed by atoms with Crippen molar-refractivity contribution in [2.24, 2.45) is 0 Å². The third-order valence-corrected chi connectivity index (χ3v) is 3.51. The molecule has 0 bridgehead atoms. The molecule has 1 aliphatic carbocycles. The molecule has 2 rings (SSSR count).